The molecule has 0 N–H and O–H groups in total. The molecule has 0 aromatic carbocycles. The van der Waals surface area contributed by atoms with Gasteiger partial charge in [0.05, 0.1) is 0 Å². The van der Waals surface area contributed by atoms with Gasteiger partial charge in [0.25, 0.3) is 0 Å². The van der Waals surface area contributed by atoms with E-state index < -0.39 is 0 Å². The van der Waals surface area contributed by atoms with E-state index >= 15 is 0 Å². The van der Waals surface area contributed by atoms with E-state index in [4.69, 9.17) is 0 Å². The van der Waals surface area contributed by atoms with Gasteiger partial charge in [-0.3, -0.25) is 0 Å². The van der Waals surface area contributed by atoms with Crippen LogP contribution in [0.5, 0.6) is 0 Å². The van der Waals surface area contributed by atoms with Crippen LogP contribution in [0, 0.1) is 0 Å². The average Bonchev–Trinajstić information content (AvgIpc) is 1.97. The Hall–Kier alpha value is -1.07. The second-order valence-electron chi connectivity index (χ2n) is 2.37. The lowest BCUT2D eigenvalue weighted by atomic mass is 10.3. The summed E-state index contributed by atoms with van der Waals surface area (Å²) in [6, 6.07) is 0. The normalized spacial score (nSPS) is 11.5. The van der Waals surface area contributed by atoms with Gasteiger partial charge in [-0.1, -0.05) is 12.2 Å². The third-order valence-corrected chi connectivity index (χ3v) is 0.947. The lowest BCUT2D eigenvalue weighted by molar-refractivity contribution is 0.667. The first-order valence-corrected chi connectivity index (χ1v) is 3.55. The van der Waals surface area contributed by atoms with Crippen molar-refractivity contribution in [1.82, 2.24) is 0 Å². The van der Waals surface area contributed by atoms with Crippen molar-refractivity contribution in [3.8, 4) is 0 Å². The Bertz CT molecular complexity index is 221. The molecular weight excluding hydrogens is 139 g/mol. The molecule has 0 aliphatic heterocycles. The van der Waals surface area contributed by atoms with E-state index in [9.17, 15) is 4.39 Å². The minimum Gasteiger partial charge on any atom is -0.206 e. The van der Waals surface area contributed by atoms with Gasteiger partial charge in [0.15, 0.2) is 0 Å². The van der Waals surface area contributed by atoms with Crippen LogP contribution in [0.1, 0.15) is 20.8 Å². The van der Waals surface area contributed by atoms with E-state index in [2.05, 4.69) is 5.73 Å². The van der Waals surface area contributed by atoms with Crippen LogP contribution in [0.3, 0.4) is 0 Å². The highest BCUT2D eigenvalue weighted by Gasteiger charge is 1.80. The van der Waals surface area contributed by atoms with E-state index in [1.54, 1.807) is 12.2 Å². The smallest absolute Gasteiger partial charge is 0.130 e. The number of hydrogen-bond donors (Lipinski definition) is 0. The van der Waals surface area contributed by atoms with Gasteiger partial charge in [-0.2, -0.15) is 0 Å². The van der Waals surface area contributed by atoms with Gasteiger partial charge in [-0.15, -0.1) is 5.73 Å². The summed E-state index contributed by atoms with van der Waals surface area (Å²) < 4.78 is 12.6. The first kappa shape index (κ1) is 9.93. The molecule has 0 spiro atoms. The molecule has 0 heterocycles. The van der Waals surface area contributed by atoms with Crippen molar-refractivity contribution in [2.75, 3.05) is 0 Å². The van der Waals surface area contributed by atoms with E-state index in [0.717, 1.165) is 5.57 Å². The maximum atomic E-state index is 12.6. The minimum absolute atomic E-state index is 0.274. The SMILES string of the molecule is C/C=C\C=C(\F)C=C=C(C)C. The lowest BCUT2D eigenvalue weighted by Crippen LogP contribution is -1.61. The fraction of sp³-hybridized carbons (Fsp3) is 0.300. The van der Waals surface area contributed by atoms with Crippen LogP contribution in [0.4, 0.5) is 4.39 Å². The van der Waals surface area contributed by atoms with Crippen molar-refractivity contribution in [1.29, 1.82) is 0 Å². The van der Waals surface area contributed by atoms with Crippen LogP contribution in [0.25, 0.3) is 0 Å². The van der Waals surface area contributed by atoms with Gasteiger partial charge in [-0.25, -0.2) is 4.39 Å². The molecule has 0 saturated carbocycles. The fourth-order valence-electron chi connectivity index (χ4n) is 0.450. The molecule has 0 amide bonds. The van der Waals surface area contributed by atoms with Gasteiger partial charge in [0.1, 0.15) is 5.83 Å². The quantitative estimate of drug-likeness (QED) is 0.419. The Labute approximate surface area is 67.4 Å². The molecule has 0 aliphatic rings. The highest BCUT2D eigenvalue weighted by Crippen LogP contribution is 1.98. The second kappa shape index (κ2) is 5.70. The molecule has 0 atom stereocenters. The third-order valence-electron chi connectivity index (χ3n) is 0.947. The molecule has 0 rings (SSSR count). The Kier molecular flexibility index (Phi) is 5.14. The van der Waals surface area contributed by atoms with Gasteiger partial charge in [0.2, 0.25) is 0 Å². The fourth-order valence-corrected chi connectivity index (χ4v) is 0.450. The molecule has 0 saturated heterocycles. The molecular formula is C10H13F. The van der Waals surface area contributed by atoms with Crippen LogP contribution in [-0.2, 0) is 0 Å². The number of rotatable bonds is 2. The van der Waals surface area contributed by atoms with Gasteiger partial charge >= 0.3 is 0 Å². The van der Waals surface area contributed by atoms with E-state index in [1.807, 2.05) is 20.8 Å². The van der Waals surface area contributed by atoms with Crippen LogP contribution in [0.15, 0.2) is 41.4 Å². The molecule has 60 valence electrons. The topological polar surface area (TPSA) is 0 Å². The zero-order chi connectivity index (χ0) is 8.69. The average molecular weight is 152 g/mol. The number of halogens is 1. The molecule has 11 heavy (non-hydrogen) atoms. The van der Waals surface area contributed by atoms with E-state index in [1.165, 1.54) is 12.2 Å². The Morgan fingerprint density at radius 2 is 2.00 bits per heavy atom. The van der Waals surface area contributed by atoms with Crippen molar-refractivity contribution in [3.63, 3.8) is 0 Å². The summed E-state index contributed by atoms with van der Waals surface area (Å²) >= 11 is 0. The van der Waals surface area contributed by atoms with Crippen molar-refractivity contribution in [2.45, 2.75) is 20.8 Å². The first-order chi connectivity index (χ1) is 5.16. The van der Waals surface area contributed by atoms with Gasteiger partial charge < -0.3 is 0 Å². The van der Waals surface area contributed by atoms with Crippen LogP contribution < -0.4 is 0 Å². The molecule has 0 radical (unpaired) electrons. The Morgan fingerprint density at radius 1 is 1.36 bits per heavy atom. The minimum atomic E-state index is -0.274. The van der Waals surface area contributed by atoms with Gasteiger partial charge in [0, 0.05) is 6.08 Å². The zero-order valence-electron chi connectivity index (χ0n) is 7.19. The first-order valence-electron chi connectivity index (χ1n) is 3.55. The van der Waals surface area contributed by atoms with Gasteiger partial charge in [-0.05, 0) is 32.4 Å². The molecule has 0 aromatic heterocycles. The summed E-state index contributed by atoms with van der Waals surface area (Å²) in [5.41, 5.74) is 3.74. The zero-order valence-corrected chi connectivity index (χ0v) is 7.19. The van der Waals surface area contributed by atoms with Crippen molar-refractivity contribution in [2.24, 2.45) is 0 Å². The maximum absolute atomic E-state index is 12.6. The summed E-state index contributed by atoms with van der Waals surface area (Å²) in [6.45, 7) is 5.59. The summed E-state index contributed by atoms with van der Waals surface area (Å²) in [5, 5.41) is 0. The molecule has 0 unspecified atom stereocenters. The Balaban J connectivity index is 4.29. The van der Waals surface area contributed by atoms with Crippen LogP contribution in [-0.4, -0.2) is 0 Å². The summed E-state index contributed by atoms with van der Waals surface area (Å²) in [4.78, 5) is 0. The molecule has 0 bridgehead atoms. The third kappa shape index (κ3) is 6.82. The highest BCUT2D eigenvalue weighted by atomic mass is 19.1. The second-order valence-corrected chi connectivity index (χ2v) is 2.37. The summed E-state index contributed by atoms with van der Waals surface area (Å²) in [7, 11) is 0. The Morgan fingerprint density at radius 3 is 2.45 bits per heavy atom. The van der Waals surface area contributed by atoms with E-state index in [0.29, 0.717) is 0 Å². The molecule has 1 heteroatoms. The molecule has 0 nitrogen and oxygen atoms in total. The van der Waals surface area contributed by atoms with Crippen molar-refractivity contribution >= 4 is 0 Å². The summed E-state index contributed by atoms with van der Waals surface area (Å²) in [5.74, 6) is -0.274. The van der Waals surface area contributed by atoms with Crippen molar-refractivity contribution in [3.05, 3.63) is 41.4 Å². The van der Waals surface area contributed by atoms with Crippen LogP contribution >= 0.6 is 0 Å². The summed E-state index contributed by atoms with van der Waals surface area (Å²) in [6.07, 6.45) is 6.15. The number of allylic oxidation sites excluding steroid dienone is 5. The van der Waals surface area contributed by atoms with Crippen LogP contribution in [0.2, 0.25) is 0 Å². The largest absolute Gasteiger partial charge is 0.206 e. The lowest BCUT2D eigenvalue weighted by Gasteiger charge is -1.80. The van der Waals surface area contributed by atoms with E-state index in [-0.39, 0.29) is 5.83 Å². The monoisotopic (exact) mass is 152 g/mol. The molecule has 0 fully saturated rings. The maximum Gasteiger partial charge on any atom is 0.130 e. The molecule has 0 aliphatic carbocycles. The number of hydrogen-bond acceptors (Lipinski definition) is 0. The standard InChI is InChI=1S/C10H13F/c1-4-5-6-10(11)8-7-9(2)3/h4-6,8H,1-3H3/b5-4-,10-6+. The highest BCUT2D eigenvalue weighted by molar-refractivity contribution is 5.17. The predicted molar refractivity (Wildman–Crippen MR) is 46.9 cm³/mol. The van der Waals surface area contributed by atoms with Crippen molar-refractivity contribution < 1.29 is 4.39 Å². The molecule has 0 aromatic rings. The predicted octanol–water partition coefficient (Wildman–Crippen LogP) is 3.54.